The summed E-state index contributed by atoms with van der Waals surface area (Å²) in [6, 6.07) is 0. The molecular weight excluding hydrogens is 126 g/mol. The number of hydrogen-bond acceptors (Lipinski definition) is 1. The molecule has 1 amide bonds. The summed E-state index contributed by atoms with van der Waals surface area (Å²) >= 11 is 0. The molecule has 0 aromatic rings. The van der Waals surface area contributed by atoms with E-state index in [0.717, 1.165) is 25.3 Å². The summed E-state index contributed by atoms with van der Waals surface area (Å²) in [7, 11) is 1.89. The Balaban J connectivity index is 2.46. The Kier molecular flexibility index (Phi) is 2.30. The lowest BCUT2D eigenvalue weighted by Crippen LogP contribution is -2.25. The van der Waals surface area contributed by atoms with Gasteiger partial charge in [-0.2, -0.15) is 0 Å². The van der Waals surface area contributed by atoms with Gasteiger partial charge in [0.15, 0.2) is 0 Å². The van der Waals surface area contributed by atoms with Gasteiger partial charge in [0, 0.05) is 20.0 Å². The monoisotopic (exact) mass is 141 g/mol. The lowest BCUT2D eigenvalue weighted by atomic mass is 10.0. The maximum absolute atomic E-state index is 11.1. The van der Waals surface area contributed by atoms with E-state index in [4.69, 9.17) is 0 Å². The van der Waals surface area contributed by atoms with Crippen LogP contribution in [0.3, 0.4) is 0 Å². The average molecular weight is 141 g/mol. The van der Waals surface area contributed by atoms with Crippen molar-refractivity contribution in [1.29, 1.82) is 0 Å². The lowest BCUT2D eigenvalue weighted by molar-refractivity contribution is -0.129. The minimum absolute atomic E-state index is 0.310. The minimum Gasteiger partial charge on any atom is -0.346 e. The molecule has 0 radical (unpaired) electrons. The largest absolute Gasteiger partial charge is 0.346 e. The molecule has 0 bridgehead atoms. The first-order valence-electron chi connectivity index (χ1n) is 3.94. The Morgan fingerprint density at radius 3 is 2.90 bits per heavy atom. The van der Waals surface area contributed by atoms with Crippen LogP contribution in [-0.2, 0) is 4.79 Å². The Labute approximate surface area is 62.2 Å². The average Bonchev–Trinajstić information content (AvgIpc) is 2.04. The molecule has 2 nitrogen and oxygen atoms in total. The molecule has 2 heteroatoms. The number of rotatable bonds is 0. The molecule has 0 aromatic heterocycles. The van der Waals surface area contributed by atoms with Crippen LogP contribution in [0, 0.1) is 5.92 Å². The van der Waals surface area contributed by atoms with Crippen molar-refractivity contribution in [1.82, 2.24) is 4.90 Å². The van der Waals surface area contributed by atoms with E-state index in [1.807, 2.05) is 11.9 Å². The van der Waals surface area contributed by atoms with E-state index in [-0.39, 0.29) is 0 Å². The van der Waals surface area contributed by atoms with Gasteiger partial charge in [-0.1, -0.05) is 6.92 Å². The maximum atomic E-state index is 11.1. The molecule has 0 aliphatic carbocycles. The molecule has 1 fully saturated rings. The van der Waals surface area contributed by atoms with Gasteiger partial charge in [-0.05, 0) is 18.8 Å². The second-order valence-electron chi connectivity index (χ2n) is 3.25. The number of nitrogens with zero attached hydrogens (tertiary/aromatic N) is 1. The zero-order chi connectivity index (χ0) is 7.56. The summed E-state index contributed by atoms with van der Waals surface area (Å²) in [6.07, 6.45) is 2.99. The Morgan fingerprint density at radius 2 is 2.20 bits per heavy atom. The highest BCUT2D eigenvalue weighted by atomic mass is 16.2. The van der Waals surface area contributed by atoms with E-state index in [9.17, 15) is 4.79 Å². The van der Waals surface area contributed by atoms with Gasteiger partial charge in [0.05, 0.1) is 0 Å². The molecule has 1 aliphatic heterocycles. The van der Waals surface area contributed by atoms with Gasteiger partial charge in [0.25, 0.3) is 0 Å². The first-order valence-corrected chi connectivity index (χ1v) is 3.94. The molecule has 1 unspecified atom stereocenters. The molecule has 0 aromatic carbocycles. The van der Waals surface area contributed by atoms with E-state index >= 15 is 0 Å². The Hall–Kier alpha value is -0.530. The van der Waals surface area contributed by atoms with Crippen LogP contribution in [0.5, 0.6) is 0 Å². The van der Waals surface area contributed by atoms with Gasteiger partial charge in [-0.3, -0.25) is 4.79 Å². The predicted octanol–water partition coefficient (Wildman–Crippen LogP) is 1.26. The second kappa shape index (κ2) is 3.04. The molecule has 1 rings (SSSR count). The summed E-state index contributed by atoms with van der Waals surface area (Å²) in [4.78, 5) is 12.9. The van der Waals surface area contributed by atoms with Crippen LogP contribution in [0.15, 0.2) is 0 Å². The van der Waals surface area contributed by atoms with Gasteiger partial charge < -0.3 is 4.90 Å². The third-order valence-corrected chi connectivity index (χ3v) is 2.23. The van der Waals surface area contributed by atoms with Gasteiger partial charge in [0.1, 0.15) is 0 Å². The van der Waals surface area contributed by atoms with Gasteiger partial charge >= 0.3 is 0 Å². The highest BCUT2D eigenvalue weighted by Crippen LogP contribution is 2.15. The molecule has 0 spiro atoms. The van der Waals surface area contributed by atoms with Crippen molar-refractivity contribution >= 4 is 5.91 Å². The highest BCUT2D eigenvalue weighted by Gasteiger charge is 2.15. The first kappa shape index (κ1) is 7.58. The highest BCUT2D eigenvalue weighted by molar-refractivity contribution is 5.76. The third kappa shape index (κ3) is 1.72. The van der Waals surface area contributed by atoms with Crippen LogP contribution >= 0.6 is 0 Å². The summed E-state index contributed by atoms with van der Waals surface area (Å²) in [5.41, 5.74) is 0. The molecule has 1 saturated heterocycles. The van der Waals surface area contributed by atoms with Crippen molar-refractivity contribution in [2.24, 2.45) is 5.92 Å². The van der Waals surface area contributed by atoms with Crippen LogP contribution in [0.2, 0.25) is 0 Å². The molecule has 1 atom stereocenters. The molecular formula is C8H15NO. The van der Waals surface area contributed by atoms with Gasteiger partial charge in [-0.15, -0.1) is 0 Å². The minimum atomic E-state index is 0.310. The van der Waals surface area contributed by atoms with E-state index in [0.29, 0.717) is 5.91 Å². The summed E-state index contributed by atoms with van der Waals surface area (Å²) in [5.74, 6) is 1.04. The van der Waals surface area contributed by atoms with Crippen LogP contribution in [0.1, 0.15) is 26.2 Å². The van der Waals surface area contributed by atoms with Crippen molar-refractivity contribution < 1.29 is 4.79 Å². The van der Waals surface area contributed by atoms with Crippen molar-refractivity contribution in [2.45, 2.75) is 26.2 Å². The number of carbonyl (C=O) groups is 1. The fraction of sp³-hybridized carbons (Fsp3) is 0.875. The predicted molar refractivity (Wildman–Crippen MR) is 40.7 cm³/mol. The van der Waals surface area contributed by atoms with E-state index < -0.39 is 0 Å². The van der Waals surface area contributed by atoms with Crippen LogP contribution in [-0.4, -0.2) is 24.4 Å². The Morgan fingerprint density at radius 1 is 1.50 bits per heavy atom. The van der Waals surface area contributed by atoms with Crippen molar-refractivity contribution in [2.75, 3.05) is 13.6 Å². The second-order valence-corrected chi connectivity index (χ2v) is 3.25. The summed E-state index contributed by atoms with van der Waals surface area (Å²) in [6.45, 7) is 3.16. The molecule has 1 aliphatic rings. The quantitative estimate of drug-likeness (QED) is 0.497. The number of carbonyl (C=O) groups excluding carboxylic acids is 1. The van der Waals surface area contributed by atoms with Crippen molar-refractivity contribution in [3.8, 4) is 0 Å². The van der Waals surface area contributed by atoms with Gasteiger partial charge in [0.2, 0.25) is 5.91 Å². The number of amides is 1. The number of hydrogen-bond donors (Lipinski definition) is 0. The summed E-state index contributed by atoms with van der Waals surface area (Å²) < 4.78 is 0. The molecule has 1 heterocycles. The molecule has 0 N–H and O–H groups in total. The van der Waals surface area contributed by atoms with Crippen LogP contribution in [0.4, 0.5) is 0 Å². The zero-order valence-corrected chi connectivity index (χ0v) is 6.76. The molecule has 10 heavy (non-hydrogen) atoms. The smallest absolute Gasteiger partial charge is 0.222 e. The standard InChI is InChI=1S/C8H15NO/c1-7-3-4-8(10)9(2)6-5-7/h7H,3-6H2,1-2H3. The maximum Gasteiger partial charge on any atom is 0.222 e. The Bertz CT molecular complexity index is 133. The van der Waals surface area contributed by atoms with Crippen molar-refractivity contribution in [3.63, 3.8) is 0 Å². The number of likely N-dealkylation sites (tertiary alicyclic amines) is 1. The normalized spacial score (nSPS) is 28.4. The van der Waals surface area contributed by atoms with E-state index in [1.165, 1.54) is 6.42 Å². The topological polar surface area (TPSA) is 20.3 Å². The summed E-state index contributed by atoms with van der Waals surface area (Å²) in [5, 5.41) is 0. The van der Waals surface area contributed by atoms with E-state index in [2.05, 4.69) is 6.92 Å². The fourth-order valence-electron chi connectivity index (χ4n) is 1.24. The fourth-order valence-corrected chi connectivity index (χ4v) is 1.24. The lowest BCUT2D eigenvalue weighted by Gasteiger charge is -2.12. The zero-order valence-electron chi connectivity index (χ0n) is 6.76. The van der Waals surface area contributed by atoms with Crippen LogP contribution < -0.4 is 0 Å². The third-order valence-electron chi connectivity index (χ3n) is 2.23. The van der Waals surface area contributed by atoms with Crippen molar-refractivity contribution in [3.05, 3.63) is 0 Å². The molecule has 58 valence electrons. The van der Waals surface area contributed by atoms with Crippen LogP contribution in [0.25, 0.3) is 0 Å². The first-order chi connectivity index (χ1) is 4.70. The van der Waals surface area contributed by atoms with Gasteiger partial charge in [-0.25, -0.2) is 0 Å². The SMILES string of the molecule is CC1CCC(=O)N(C)CC1. The van der Waals surface area contributed by atoms with E-state index in [1.54, 1.807) is 0 Å². The molecule has 0 saturated carbocycles.